The van der Waals surface area contributed by atoms with Crippen molar-refractivity contribution in [3.8, 4) is 5.75 Å². The van der Waals surface area contributed by atoms with Crippen LogP contribution in [0.2, 0.25) is 5.02 Å². The smallest absolute Gasteiger partial charge is 0.264 e. The molecule has 0 aliphatic carbocycles. The maximum atomic E-state index is 13.9. The number of anilines is 1. The zero-order valence-electron chi connectivity index (χ0n) is 22.3. The van der Waals surface area contributed by atoms with Gasteiger partial charge in [-0.15, -0.1) is 0 Å². The summed E-state index contributed by atoms with van der Waals surface area (Å²) in [6.07, 6.45) is 1.71. The minimum Gasteiger partial charge on any atom is -0.497 e. The number of sulfonamides is 1. The Balaban J connectivity index is 2.02. The second-order valence-corrected chi connectivity index (χ2v) is 11.2. The van der Waals surface area contributed by atoms with Crippen molar-refractivity contribution in [1.29, 1.82) is 0 Å². The second kappa shape index (κ2) is 14.0. The van der Waals surface area contributed by atoms with Crippen LogP contribution >= 0.6 is 11.6 Å². The number of methoxy groups -OCH3 is 1. The number of nitrogens with one attached hydrogen (secondary N) is 1. The Bertz CT molecular complexity index is 1370. The van der Waals surface area contributed by atoms with Crippen molar-refractivity contribution in [3.63, 3.8) is 0 Å². The van der Waals surface area contributed by atoms with E-state index < -0.39 is 28.5 Å². The van der Waals surface area contributed by atoms with Gasteiger partial charge >= 0.3 is 0 Å². The second-order valence-electron chi connectivity index (χ2n) is 8.96. The lowest BCUT2D eigenvalue weighted by atomic mass is 10.1. The van der Waals surface area contributed by atoms with E-state index in [9.17, 15) is 18.0 Å². The first-order chi connectivity index (χ1) is 18.7. The van der Waals surface area contributed by atoms with Crippen molar-refractivity contribution in [2.45, 2.75) is 44.2 Å². The fourth-order valence-electron chi connectivity index (χ4n) is 3.94. The molecule has 1 atom stereocenters. The number of ether oxygens (including phenoxy) is 1. The van der Waals surface area contributed by atoms with Crippen LogP contribution in [-0.2, 0) is 26.2 Å². The van der Waals surface area contributed by atoms with Crippen LogP contribution in [0.3, 0.4) is 0 Å². The first kappa shape index (κ1) is 30.0. The molecule has 39 heavy (non-hydrogen) atoms. The Morgan fingerprint density at radius 3 is 2.36 bits per heavy atom. The Labute approximate surface area is 235 Å². The summed E-state index contributed by atoms with van der Waals surface area (Å²) in [4.78, 5) is 28.3. The van der Waals surface area contributed by atoms with E-state index in [-0.39, 0.29) is 23.0 Å². The molecule has 0 heterocycles. The highest BCUT2D eigenvalue weighted by Crippen LogP contribution is 2.28. The molecule has 3 rings (SSSR count). The Morgan fingerprint density at radius 1 is 1.00 bits per heavy atom. The highest BCUT2D eigenvalue weighted by Gasteiger charge is 2.32. The molecule has 0 unspecified atom stereocenters. The van der Waals surface area contributed by atoms with Gasteiger partial charge in [0.05, 0.1) is 17.7 Å². The van der Waals surface area contributed by atoms with Crippen LogP contribution in [-0.4, -0.2) is 51.4 Å². The van der Waals surface area contributed by atoms with E-state index in [1.54, 1.807) is 73.7 Å². The van der Waals surface area contributed by atoms with Crippen LogP contribution in [0.1, 0.15) is 32.3 Å². The molecule has 0 bridgehead atoms. The molecular formula is C29H34ClN3O5S. The van der Waals surface area contributed by atoms with Gasteiger partial charge in [0.2, 0.25) is 11.8 Å². The van der Waals surface area contributed by atoms with Crippen molar-refractivity contribution in [2.24, 2.45) is 0 Å². The lowest BCUT2D eigenvalue weighted by molar-refractivity contribution is -0.139. The third kappa shape index (κ3) is 7.74. The molecule has 0 fully saturated rings. The topological polar surface area (TPSA) is 96.0 Å². The fraction of sp³-hybridized carbons (Fsp3) is 0.310. The van der Waals surface area contributed by atoms with Gasteiger partial charge in [-0.2, -0.15) is 0 Å². The molecular weight excluding hydrogens is 538 g/mol. The van der Waals surface area contributed by atoms with Gasteiger partial charge in [0.25, 0.3) is 10.0 Å². The molecule has 0 saturated carbocycles. The predicted octanol–water partition coefficient (Wildman–Crippen LogP) is 4.88. The number of halogens is 1. The minimum absolute atomic E-state index is 0.0260. The molecule has 208 valence electrons. The average Bonchev–Trinajstić information content (AvgIpc) is 2.95. The summed E-state index contributed by atoms with van der Waals surface area (Å²) in [7, 11) is -2.67. The van der Waals surface area contributed by atoms with Gasteiger partial charge in [-0.1, -0.05) is 67.4 Å². The van der Waals surface area contributed by atoms with Gasteiger partial charge in [0, 0.05) is 24.2 Å². The zero-order valence-corrected chi connectivity index (χ0v) is 23.9. The van der Waals surface area contributed by atoms with E-state index in [0.29, 0.717) is 22.9 Å². The van der Waals surface area contributed by atoms with Crippen LogP contribution in [0.25, 0.3) is 0 Å². The summed E-state index contributed by atoms with van der Waals surface area (Å²) < 4.78 is 33.9. The fourth-order valence-corrected chi connectivity index (χ4v) is 5.57. The summed E-state index contributed by atoms with van der Waals surface area (Å²) >= 11 is 6.39. The molecule has 8 nitrogen and oxygen atoms in total. The standard InChI is InChI=1S/C29H34ClN3O5S/c1-4-5-18-31-29(35)22(2)32(20-23-12-9-10-17-27(23)30)28(34)21-33(24-13-11-14-25(19-24)38-3)39(36,37)26-15-7-6-8-16-26/h6-17,19,22H,4-5,18,20-21H2,1-3H3,(H,31,35)/t22-/m1/s1. The number of carbonyl (C=O) groups is 2. The lowest BCUT2D eigenvalue weighted by Crippen LogP contribution is -2.51. The third-order valence-electron chi connectivity index (χ3n) is 6.25. The minimum atomic E-state index is -4.15. The molecule has 1 N–H and O–H groups in total. The highest BCUT2D eigenvalue weighted by atomic mass is 35.5. The highest BCUT2D eigenvalue weighted by molar-refractivity contribution is 7.92. The summed E-state index contributed by atoms with van der Waals surface area (Å²) in [5, 5.41) is 3.30. The van der Waals surface area contributed by atoms with Crippen LogP contribution in [0.4, 0.5) is 5.69 Å². The Kier molecular flexibility index (Phi) is 10.8. The molecule has 3 aromatic carbocycles. The normalized spacial score (nSPS) is 11.9. The molecule has 2 amide bonds. The van der Waals surface area contributed by atoms with Crippen molar-refractivity contribution in [3.05, 3.63) is 89.4 Å². The number of amides is 2. The largest absolute Gasteiger partial charge is 0.497 e. The van der Waals surface area contributed by atoms with Crippen LogP contribution in [0.15, 0.2) is 83.8 Å². The lowest BCUT2D eigenvalue weighted by Gasteiger charge is -2.32. The molecule has 10 heteroatoms. The van der Waals surface area contributed by atoms with Crippen molar-refractivity contribution in [1.82, 2.24) is 10.2 Å². The van der Waals surface area contributed by atoms with E-state index >= 15 is 0 Å². The summed E-state index contributed by atoms with van der Waals surface area (Å²) in [6, 6.07) is 20.5. The van der Waals surface area contributed by atoms with E-state index in [2.05, 4.69) is 5.32 Å². The van der Waals surface area contributed by atoms with Gasteiger partial charge in [0.15, 0.2) is 0 Å². The van der Waals surface area contributed by atoms with Crippen LogP contribution in [0.5, 0.6) is 5.75 Å². The monoisotopic (exact) mass is 571 g/mol. The molecule has 0 spiro atoms. The van der Waals surface area contributed by atoms with Crippen molar-refractivity contribution < 1.29 is 22.7 Å². The third-order valence-corrected chi connectivity index (χ3v) is 8.40. The van der Waals surface area contributed by atoms with Gasteiger partial charge in [-0.25, -0.2) is 8.42 Å². The quantitative estimate of drug-likeness (QED) is 0.295. The number of unbranched alkanes of at least 4 members (excludes halogenated alkanes) is 1. The van der Waals surface area contributed by atoms with Crippen LogP contribution < -0.4 is 14.4 Å². The first-order valence-electron chi connectivity index (χ1n) is 12.7. The maximum Gasteiger partial charge on any atom is 0.264 e. The van der Waals surface area contributed by atoms with Gasteiger partial charge in [0.1, 0.15) is 18.3 Å². The van der Waals surface area contributed by atoms with Gasteiger partial charge < -0.3 is 15.0 Å². The van der Waals surface area contributed by atoms with E-state index in [0.717, 1.165) is 17.1 Å². The number of nitrogens with zero attached hydrogens (tertiary/aromatic N) is 2. The van der Waals surface area contributed by atoms with Crippen molar-refractivity contribution >= 4 is 39.1 Å². The van der Waals surface area contributed by atoms with E-state index in [4.69, 9.17) is 16.3 Å². The maximum absolute atomic E-state index is 13.9. The molecule has 0 radical (unpaired) electrons. The molecule has 3 aromatic rings. The molecule has 0 aliphatic rings. The number of benzene rings is 3. The number of hydrogen-bond acceptors (Lipinski definition) is 5. The number of rotatable bonds is 13. The Morgan fingerprint density at radius 2 is 1.69 bits per heavy atom. The number of carbonyl (C=O) groups excluding carboxylic acids is 2. The summed E-state index contributed by atoms with van der Waals surface area (Å²) in [5.74, 6) is -0.456. The van der Waals surface area contributed by atoms with E-state index in [1.807, 2.05) is 6.92 Å². The van der Waals surface area contributed by atoms with Gasteiger partial charge in [-0.05, 0) is 49.2 Å². The summed E-state index contributed by atoms with van der Waals surface area (Å²) in [5.41, 5.74) is 0.892. The van der Waals surface area contributed by atoms with E-state index in [1.165, 1.54) is 24.1 Å². The average molecular weight is 572 g/mol. The van der Waals surface area contributed by atoms with Gasteiger partial charge in [-0.3, -0.25) is 13.9 Å². The molecule has 0 aliphatic heterocycles. The van der Waals surface area contributed by atoms with Crippen molar-refractivity contribution in [2.75, 3.05) is 24.5 Å². The number of hydrogen-bond donors (Lipinski definition) is 1. The predicted molar refractivity (Wildman–Crippen MR) is 153 cm³/mol. The van der Waals surface area contributed by atoms with Crippen LogP contribution in [0, 0.1) is 0 Å². The molecule has 0 aromatic heterocycles. The Hall–Kier alpha value is -3.56. The SMILES string of the molecule is CCCCNC(=O)[C@@H](C)N(Cc1ccccc1Cl)C(=O)CN(c1cccc(OC)c1)S(=O)(=O)c1ccccc1. The zero-order chi connectivity index (χ0) is 28.4. The molecule has 0 saturated heterocycles. The summed E-state index contributed by atoms with van der Waals surface area (Å²) in [6.45, 7) is 3.60. The first-order valence-corrected chi connectivity index (χ1v) is 14.5.